The molecule has 0 radical (unpaired) electrons. The molecule has 4 aliphatic carbocycles. The standard InChI is InChI=1S/C29H46O2/c1-7-21(19(2)3)9-8-20(4)24-10-11-25-23-13-17-29(31)18-22(30)12-16-28(29,6)26(23)14-15-27(24,25)5/h8-9,13,17,19-21,23-26,31H,7,10-12,14-16,18H2,1-6H3/b9-8+/t20-,21-,23+,24-,25+,26+,27-,28-,29-/m1/s1. The van der Waals surface area contributed by atoms with Crippen LogP contribution in [-0.4, -0.2) is 16.5 Å². The fourth-order valence-electron chi connectivity index (χ4n) is 8.63. The highest BCUT2D eigenvalue weighted by Crippen LogP contribution is 2.67. The predicted molar refractivity (Wildman–Crippen MR) is 129 cm³/mol. The number of aliphatic hydroxyl groups is 1. The zero-order valence-electron chi connectivity index (χ0n) is 20.9. The van der Waals surface area contributed by atoms with Gasteiger partial charge < -0.3 is 5.11 Å². The van der Waals surface area contributed by atoms with Gasteiger partial charge >= 0.3 is 0 Å². The van der Waals surface area contributed by atoms with Gasteiger partial charge in [0.05, 0.1) is 5.60 Å². The van der Waals surface area contributed by atoms with E-state index in [2.05, 4.69) is 65.8 Å². The number of rotatable bonds is 5. The molecule has 0 spiro atoms. The number of hydrogen-bond donors (Lipinski definition) is 1. The summed E-state index contributed by atoms with van der Waals surface area (Å²) in [6, 6.07) is 0. The van der Waals surface area contributed by atoms with Crippen LogP contribution in [0.3, 0.4) is 0 Å². The average Bonchev–Trinajstić information content (AvgIpc) is 3.06. The molecule has 0 aromatic heterocycles. The van der Waals surface area contributed by atoms with E-state index in [1.54, 1.807) is 0 Å². The van der Waals surface area contributed by atoms with Crippen LogP contribution in [0, 0.1) is 52.3 Å². The minimum Gasteiger partial charge on any atom is -0.385 e. The van der Waals surface area contributed by atoms with Crippen molar-refractivity contribution in [3.05, 3.63) is 24.3 Å². The Labute approximate surface area is 191 Å². The number of hydrogen-bond acceptors (Lipinski definition) is 2. The van der Waals surface area contributed by atoms with Crippen LogP contribution in [0.1, 0.15) is 92.9 Å². The second-order valence-electron chi connectivity index (χ2n) is 12.5. The first-order valence-corrected chi connectivity index (χ1v) is 13.2. The Hall–Kier alpha value is -0.890. The molecule has 0 aromatic rings. The summed E-state index contributed by atoms with van der Waals surface area (Å²) < 4.78 is 0. The maximum absolute atomic E-state index is 12.1. The lowest BCUT2D eigenvalue weighted by atomic mass is 9.45. The summed E-state index contributed by atoms with van der Waals surface area (Å²) in [4.78, 5) is 12.1. The minimum absolute atomic E-state index is 0.142. The summed E-state index contributed by atoms with van der Waals surface area (Å²) in [5.41, 5.74) is -0.667. The van der Waals surface area contributed by atoms with Crippen molar-refractivity contribution in [3.8, 4) is 0 Å². The summed E-state index contributed by atoms with van der Waals surface area (Å²) in [6.07, 6.45) is 17.6. The van der Waals surface area contributed by atoms with E-state index in [-0.39, 0.29) is 11.2 Å². The molecule has 2 heteroatoms. The first-order valence-electron chi connectivity index (χ1n) is 13.2. The van der Waals surface area contributed by atoms with Crippen LogP contribution in [0.5, 0.6) is 0 Å². The molecule has 31 heavy (non-hydrogen) atoms. The van der Waals surface area contributed by atoms with Crippen molar-refractivity contribution in [2.45, 2.75) is 98.5 Å². The van der Waals surface area contributed by atoms with Gasteiger partial charge in [-0.3, -0.25) is 4.79 Å². The van der Waals surface area contributed by atoms with Gasteiger partial charge in [0.1, 0.15) is 5.78 Å². The van der Waals surface area contributed by atoms with Crippen LogP contribution in [0.15, 0.2) is 24.3 Å². The fourth-order valence-corrected chi connectivity index (χ4v) is 8.63. The second-order valence-corrected chi connectivity index (χ2v) is 12.5. The molecular weight excluding hydrogens is 380 g/mol. The molecule has 9 atom stereocenters. The highest BCUT2D eigenvalue weighted by Gasteiger charge is 2.63. The zero-order valence-corrected chi connectivity index (χ0v) is 20.9. The molecule has 0 heterocycles. The van der Waals surface area contributed by atoms with Gasteiger partial charge in [0, 0.05) is 18.3 Å². The molecule has 1 N–H and O–H groups in total. The summed E-state index contributed by atoms with van der Waals surface area (Å²) in [7, 11) is 0. The maximum atomic E-state index is 12.1. The van der Waals surface area contributed by atoms with E-state index in [9.17, 15) is 9.90 Å². The van der Waals surface area contributed by atoms with Crippen molar-refractivity contribution in [2.75, 3.05) is 0 Å². The number of fused-ring (bicyclic) bond motifs is 5. The van der Waals surface area contributed by atoms with Gasteiger partial charge in [-0.25, -0.2) is 0 Å². The fraction of sp³-hybridized carbons (Fsp3) is 0.828. The topological polar surface area (TPSA) is 37.3 Å². The Morgan fingerprint density at radius 3 is 2.52 bits per heavy atom. The van der Waals surface area contributed by atoms with Crippen molar-refractivity contribution in [2.24, 2.45) is 52.3 Å². The van der Waals surface area contributed by atoms with Crippen LogP contribution in [0.4, 0.5) is 0 Å². The molecule has 2 nitrogen and oxygen atoms in total. The van der Waals surface area contributed by atoms with Crippen molar-refractivity contribution in [1.82, 2.24) is 0 Å². The van der Waals surface area contributed by atoms with Gasteiger partial charge in [-0.2, -0.15) is 0 Å². The number of Topliss-reactive ketones (excluding diaryl/α,β-unsaturated/α-hetero) is 1. The van der Waals surface area contributed by atoms with Crippen LogP contribution in [0.25, 0.3) is 0 Å². The third-order valence-corrected chi connectivity index (χ3v) is 10.8. The van der Waals surface area contributed by atoms with Gasteiger partial charge in [-0.15, -0.1) is 0 Å². The number of carbonyl (C=O) groups is 1. The van der Waals surface area contributed by atoms with E-state index in [0.717, 1.165) is 18.3 Å². The molecule has 174 valence electrons. The summed E-state index contributed by atoms with van der Waals surface area (Å²) in [5, 5.41) is 11.5. The van der Waals surface area contributed by atoms with Crippen molar-refractivity contribution in [1.29, 1.82) is 0 Å². The SMILES string of the molecule is CC[C@H](/C=C/[C@@H](C)[C@H]1CC[C@H]2[C@@H]3C=C[C@@]4(O)CC(=O)CC[C@]4(C)[C@H]3CC[C@]12C)C(C)C. The quantitative estimate of drug-likeness (QED) is 0.481. The smallest absolute Gasteiger partial charge is 0.136 e. The Kier molecular flexibility index (Phi) is 6.12. The number of ketones is 1. The van der Waals surface area contributed by atoms with E-state index in [1.807, 2.05) is 0 Å². The molecular formula is C29H46O2. The molecule has 3 fully saturated rings. The van der Waals surface area contributed by atoms with Gasteiger partial charge in [-0.05, 0) is 85.4 Å². The Morgan fingerprint density at radius 2 is 1.84 bits per heavy atom. The highest BCUT2D eigenvalue weighted by molar-refractivity contribution is 5.81. The number of allylic oxidation sites excluding steroid dienone is 3. The zero-order chi connectivity index (χ0) is 22.6. The first-order chi connectivity index (χ1) is 14.6. The van der Waals surface area contributed by atoms with Crippen molar-refractivity contribution >= 4 is 5.78 Å². The van der Waals surface area contributed by atoms with Crippen LogP contribution in [0.2, 0.25) is 0 Å². The summed E-state index contributed by atoms with van der Waals surface area (Å²) in [5.74, 6) is 4.83. The molecule has 0 unspecified atom stereocenters. The van der Waals surface area contributed by atoms with Gasteiger partial charge in [-0.1, -0.05) is 65.8 Å². The van der Waals surface area contributed by atoms with Crippen LogP contribution < -0.4 is 0 Å². The average molecular weight is 427 g/mol. The second kappa shape index (κ2) is 8.15. The van der Waals surface area contributed by atoms with Crippen LogP contribution in [-0.2, 0) is 4.79 Å². The molecule has 0 saturated heterocycles. The third kappa shape index (κ3) is 3.60. The van der Waals surface area contributed by atoms with E-state index in [1.165, 1.54) is 32.1 Å². The van der Waals surface area contributed by atoms with Gasteiger partial charge in [0.2, 0.25) is 0 Å². The van der Waals surface area contributed by atoms with E-state index < -0.39 is 5.60 Å². The van der Waals surface area contributed by atoms with Gasteiger partial charge in [0.25, 0.3) is 0 Å². The summed E-state index contributed by atoms with van der Waals surface area (Å²) in [6.45, 7) is 14.3. The molecule has 0 aromatic carbocycles. The molecule has 0 aliphatic heterocycles. The monoisotopic (exact) mass is 426 g/mol. The van der Waals surface area contributed by atoms with Crippen molar-refractivity contribution in [3.63, 3.8) is 0 Å². The van der Waals surface area contributed by atoms with Gasteiger partial charge in [0.15, 0.2) is 0 Å². The first kappa shape index (κ1) is 23.3. The lowest BCUT2D eigenvalue weighted by Crippen LogP contribution is -2.60. The highest BCUT2D eigenvalue weighted by atomic mass is 16.3. The summed E-state index contributed by atoms with van der Waals surface area (Å²) >= 11 is 0. The Balaban J connectivity index is 1.56. The lowest BCUT2D eigenvalue weighted by Gasteiger charge is -2.61. The Bertz CT molecular complexity index is 750. The van der Waals surface area contributed by atoms with E-state index in [4.69, 9.17) is 0 Å². The molecule has 0 amide bonds. The molecule has 3 saturated carbocycles. The van der Waals surface area contributed by atoms with E-state index >= 15 is 0 Å². The normalized spacial score (nSPS) is 46.6. The minimum atomic E-state index is -0.919. The van der Waals surface area contributed by atoms with Crippen molar-refractivity contribution < 1.29 is 9.90 Å². The van der Waals surface area contributed by atoms with Crippen LogP contribution >= 0.6 is 0 Å². The molecule has 0 bridgehead atoms. The third-order valence-electron chi connectivity index (χ3n) is 10.8. The molecule has 4 rings (SSSR count). The Morgan fingerprint density at radius 1 is 1.10 bits per heavy atom. The number of carbonyl (C=O) groups excluding carboxylic acids is 1. The molecule has 4 aliphatic rings. The maximum Gasteiger partial charge on any atom is 0.136 e. The largest absolute Gasteiger partial charge is 0.385 e. The van der Waals surface area contributed by atoms with E-state index in [0.29, 0.717) is 47.8 Å². The predicted octanol–water partition coefficient (Wildman–Crippen LogP) is 6.98. The lowest BCUT2D eigenvalue weighted by molar-refractivity contribution is -0.160.